The van der Waals surface area contributed by atoms with Crippen molar-refractivity contribution in [3.63, 3.8) is 0 Å². The highest BCUT2D eigenvalue weighted by atomic mass is 32.1. The molecule has 0 aliphatic rings. The largest absolute Gasteiger partial charge is 0.452 e. The van der Waals surface area contributed by atoms with Crippen molar-refractivity contribution < 1.29 is 13.9 Å². The van der Waals surface area contributed by atoms with Crippen molar-refractivity contribution in [2.45, 2.75) is 6.61 Å². The first kappa shape index (κ1) is 15.7. The Bertz CT molecular complexity index is 1000. The van der Waals surface area contributed by atoms with Gasteiger partial charge in [0.05, 0.1) is 15.1 Å². The van der Waals surface area contributed by atoms with E-state index in [1.54, 1.807) is 6.08 Å². The Balaban J connectivity index is 1.36. The lowest BCUT2D eigenvalue weighted by molar-refractivity contribution is -0.139. The maximum atomic E-state index is 11.8. The molecular formula is C17H11N3O3S2. The first-order chi connectivity index (χ1) is 12.3. The first-order valence-electron chi connectivity index (χ1n) is 7.34. The molecular weight excluding hydrogens is 358 g/mol. The minimum Gasteiger partial charge on any atom is -0.452 e. The molecule has 0 N–H and O–H groups in total. The smallest absolute Gasteiger partial charge is 0.331 e. The molecule has 0 radical (unpaired) electrons. The molecule has 0 saturated heterocycles. The highest BCUT2D eigenvalue weighted by Crippen LogP contribution is 2.23. The van der Waals surface area contributed by atoms with Crippen LogP contribution in [0.4, 0.5) is 0 Å². The molecule has 0 aliphatic carbocycles. The molecule has 3 aromatic heterocycles. The zero-order chi connectivity index (χ0) is 17.1. The van der Waals surface area contributed by atoms with Crippen LogP contribution in [0.15, 0.2) is 52.3 Å². The van der Waals surface area contributed by atoms with Crippen LogP contribution in [0.1, 0.15) is 10.9 Å². The molecule has 0 amide bonds. The van der Waals surface area contributed by atoms with E-state index in [0.29, 0.717) is 5.89 Å². The van der Waals surface area contributed by atoms with Gasteiger partial charge in [0.25, 0.3) is 11.8 Å². The molecule has 0 spiro atoms. The molecule has 4 aromatic rings. The van der Waals surface area contributed by atoms with Crippen LogP contribution < -0.4 is 0 Å². The molecule has 1 aromatic carbocycles. The van der Waals surface area contributed by atoms with Gasteiger partial charge in [-0.25, -0.2) is 9.78 Å². The van der Waals surface area contributed by atoms with Gasteiger partial charge in [0, 0.05) is 6.08 Å². The standard InChI is InChI=1S/C17H11N3O3S2/c21-16(8-7-15-18-11-4-1-2-5-12(11)25-15)22-10-14-19-20-17(23-14)13-6-3-9-24-13/h1-9H,10H2/b8-7+. The highest BCUT2D eigenvalue weighted by molar-refractivity contribution is 7.19. The van der Waals surface area contributed by atoms with Crippen LogP contribution in [0.5, 0.6) is 0 Å². The summed E-state index contributed by atoms with van der Waals surface area (Å²) in [5, 5.41) is 10.5. The van der Waals surface area contributed by atoms with Gasteiger partial charge in [-0.2, -0.15) is 0 Å². The summed E-state index contributed by atoms with van der Waals surface area (Å²) in [4.78, 5) is 17.1. The van der Waals surface area contributed by atoms with Crippen molar-refractivity contribution in [1.82, 2.24) is 15.2 Å². The molecule has 124 valence electrons. The van der Waals surface area contributed by atoms with Gasteiger partial charge in [-0.05, 0) is 29.7 Å². The predicted molar refractivity (Wildman–Crippen MR) is 96.1 cm³/mol. The molecule has 8 heteroatoms. The van der Waals surface area contributed by atoms with Gasteiger partial charge in [0.1, 0.15) is 5.01 Å². The Labute approximate surface area is 150 Å². The zero-order valence-corrected chi connectivity index (χ0v) is 14.4. The van der Waals surface area contributed by atoms with Crippen LogP contribution in [-0.2, 0) is 16.1 Å². The Hall–Kier alpha value is -2.84. The number of aromatic nitrogens is 3. The van der Waals surface area contributed by atoms with E-state index in [4.69, 9.17) is 9.15 Å². The molecule has 4 rings (SSSR count). The second kappa shape index (κ2) is 6.96. The summed E-state index contributed by atoms with van der Waals surface area (Å²) < 4.78 is 11.6. The number of esters is 1. The quantitative estimate of drug-likeness (QED) is 0.388. The summed E-state index contributed by atoms with van der Waals surface area (Å²) >= 11 is 3.01. The fourth-order valence-electron chi connectivity index (χ4n) is 2.09. The highest BCUT2D eigenvalue weighted by Gasteiger charge is 2.10. The fourth-order valence-corrected chi connectivity index (χ4v) is 3.61. The lowest BCUT2D eigenvalue weighted by Gasteiger charge is -1.96. The average molecular weight is 369 g/mol. The van der Waals surface area contributed by atoms with Crippen LogP contribution >= 0.6 is 22.7 Å². The number of rotatable bonds is 5. The third kappa shape index (κ3) is 3.65. The van der Waals surface area contributed by atoms with E-state index in [2.05, 4.69) is 15.2 Å². The topological polar surface area (TPSA) is 78.1 Å². The number of hydrogen-bond acceptors (Lipinski definition) is 8. The SMILES string of the molecule is O=C(/C=C/c1nc2ccccc2s1)OCc1nnc(-c2cccs2)o1. The summed E-state index contributed by atoms with van der Waals surface area (Å²) in [7, 11) is 0. The number of nitrogens with zero attached hydrogens (tertiary/aromatic N) is 3. The van der Waals surface area contributed by atoms with Crippen LogP contribution in [0, 0.1) is 0 Å². The minimum atomic E-state index is -0.491. The Kier molecular flexibility index (Phi) is 4.36. The number of ether oxygens (including phenoxy) is 1. The van der Waals surface area contributed by atoms with E-state index in [0.717, 1.165) is 20.1 Å². The lowest BCUT2D eigenvalue weighted by Crippen LogP contribution is -2.00. The van der Waals surface area contributed by atoms with Crippen molar-refractivity contribution in [3.05, 3.63) is 58.8 Å². The second-order valence-electron chi connectivity index (χ2n) is 4.94. The van der Waals surface area contributed by atoms with E-state index in [1.165, 1.54) is 28.7 Å². The average Bonchev–Trinajstić information content (AvgIpc) is 3.37. The molecule has 0 fully saturated rings. The molecule has 3 heterocycles. The number of carbonyl (C=O) groups is 1. The monoisotopic (exact) mass is 369 g/mol. The normalized spacial score (nSPS) is 11.4. The molecule has 0 atom stereocenters. The van der Waals surface area contributed by atoms with Crippen molar-refractivity contribution >= 4 is 44.9 Å². The van der Waals surface area contributed by atoms with Crippen molar-refractivity contribution in [2.24, 2.45) is 0 Å². The molecule has 25 heavy (non-hydrogen) atoms. The number of para-hydroxylation sites is 1. The van der Waals surface area contributed by atoms with Gasteiger partial charge >= 0.3 is 5.97 Å². The number of hydrogen-bond donors (Lipinski definition) is 0. The predicted octanol–water partition coefficient (Wildman–Crippen LogP) is 4.16. The number of carbonyl (C=O) groups excluding carboxylic acids is 1. The molecule has 0 bridgehead atoms. The van der Waals surface area contributed by atoms with Crippen molar-refractivity contribution in [1.29, 1.82) is 0 Å². The van der Waals surface area contributed by atoms with Crippen LogP contribution in [0.3, 0.4) is 0 Å². The maximum Gasteiger partial charge on any atom is 0.331 e. The van der Waals surface area contributed by atoms with E-state index in [-0.39, 0.29) is 12.5 Å². The van der Waals surface area contributed by atoms with Crippen LogP contribution in [0.2, 0.25) is 0 Å². The Morgan fingerprint density at radius 2 is 2.12 bits per heavy atom. The fraction of sp³-hybridized carbons (Fsp3) is 0.0588. The zero-order valence-electron chi connectivity index (χ0n) is 12.8. The van der Waals surface area contributed by atoms with Gasteiger partial charge < -0.3 is 9.15 Å². The van der Waals surface area contributed by atoms with Gasteiger partial charge in [-0.15, -0.1) is 32.9 Å². The summed E-state index contributed by atoms with van der Waals surface area (Å²) in [6, 6.07) is 11.6. The number of thiophene rings is 1. The number of benzene rings is 1. The minimum absolute atomic E-state index is 0.0681. The van der Waals surface area contributed by atoms with Crippen molar-refractivity contribution in [2.75, 3.05) is 0 Å². The Morgan fingerprint density at radius 1 is 1.20 bits per heavy atom. The summed E-state index contributed by atoms with van der Waals surface area (Å²) in [6.07, 6.45) is 2.98. The van der Waals surface area contributed by atoms with E-state index >= 15 is 0 Å². The Morgan fingerprint density at radius 3 is 2.96 bits per heavy atom. The molecule has 0 saturated carbocycles. The maximum absolute atomic E-state index is 11.8. The van der Waals surface area contributed by atoms with E-state index < -0.39 is 5.97 Å². The lowest BCUT2D eigenvalue weighted by atomic mass is 10.3. The van der Waals surface area contributed by atoms with Gasteiger partial charge in [0.15, 0.2) is 6.61 Å². The number of thiazole rings is 1. The summed E-state index contributed by atoms with van der Waals surface area (Å²) in [5.74, 6) is 0.186. The molecule has 6 nitrogen and oxygen atoms in total. The van der Waals surface area contributed by atoms with Gasteiger partial charge in [0.2, 0.25) is 0 Å². The molecule has 0 aliphatic heterocycles. The second-order valence-corrected chi connectivity index (χ2v) is 6.95. The van der Waals surface area contributed by atoms with E-state index in [1.807, 2.05) is 41.8 Å². The third-order valence-electron chi connectivity index (χ3n) is 3.21. The number of fused-ring (bicyclic) bond motifs is 1. The third-order valence-corrected chi connectivity index (χ3v) is 5.07. The van der Waals surface area contributed by atoms with Crippen LogP contribution in [-0.4, -0.2) is 21.2 Å². The van der Waals surface area contributed by atoms with E-state index in [9.17, 15) is 4.79 Å². The van der Waals surface area contributed by atoms with Crippen molar-refractivity contribution in [3.8, 4) is 10.8 Å². The van der Waals surface area contributed by atoms with Crippen LogP contribution in [0.25, 0.3) is 27.1 Å². The van der Waals surface area contributed by atoms with Gasteiger partial charge in [-0.3, -0.25) is 0 Å². The first-order valence-corrected chi connectivity index (χ1v) is 9.04. The van der Waals surface area contributed by atoms with Gasteiger partial charge in [-0.1, -0.05) is 18.2 Å². The summed E-state index contributed by atoms with van der Waals surface area (Å²) in [5.41, 5.74) is 0.910. The molecule has 0 unspecified atom stereocenters. The summed E-state index contributed by atoms with van der Waals surface area (Å²) in [6.45, 7) is -0.0681.